The Kier molecular flexibility index (Phi) is 8.66. The van der Waals surface area contributed by atoms with Crippen molar-refractivity contribution >= 4 is 15.7 Å². The monoisotopic (exact) mass is 423 g/mol. The van der Waals surface area contributed by atoms with Gasteiger partial charge in [-0.3, -0.25) is 4.79 Å². The van der Waals surface area contributed by atoms with Crippen LogP contribution in [0.25, 0.3) is 0 Å². The van der Waals surface area contributed by atoms with Gasteiger partial charge in [-0.05, 0) is 63.2 Å². The van der Waals surface area contributed by atoms with Gasteiger partial charge in [0.05, 0.1) is 29.6 Å². The first-order chi connectivity index (χ1) is 13.1. The van der Waals surface area contributed by atoms with Crippen molar-refractivity contribution in [2.75, 3.05) is 12.9 Å². The van der Waals surface area contributed by atoms with Gasteiger partial charge in [-0.2, -0.15) is 0 Å². The molecule has 2 aliphatic rings. The highest BCUT2D eigenvalue weighted by Gasteiger charge is 2.35. The van der Waals surface area contributed by atoms with Gasteiger partial charge in [0, 0.05) is 12.7 Å². The van der Waals surface area contributed by atoms with E-state index in [4.69, 9.17) is 0 Å². The Morgan fingerprint density at radius 1 is 1.11 bits per heavy atom. The minimum atomic E-state index is -3.10. The summed E-state index contributed by atoms with van der Waals surface area (Å²) in [5, 5.41) is 31.9. The molecule has 2 rings (SSSR count). The molecule has 0 radical (unpaired) electrons. The molecule has 7 nitrogen and oxygen atoms in total. The summed E-state index contributed by atoms with van der Waals surface area (Å²) in [6.45, 7) is -0.882. The summed E-state index contributed by atoms with van der Waals surface area (Å²) in [5.41, 5.74) is 0. The van der Waals surface area contributed by atoms with Crippen molar-refractivity contribution in [2.45, 2.75) is 87.4 Å². The maximum Gasteiger partial charge on any atom is 0.220 e. The zero-order valence-corrected chi connectivity index (χ0v) is 17.3. The summed E-state index contributed by atoms with van der Waals surface area (Å²) >= 11 is 0. The molecule has 0 aromatic carbocycles. The van der Waals surface area contributed by atoms with Crippen LogP contribution in [0.1, 0.15) is 57.8 Å². The van der Waals surface area contributed by atoms with Gasteiger partial charge in [-0.1, -0.05) is 0 Å². The predicted octanol–water partition coefficient (Wildman–Crippen LogP) is 0.707. The quantitative estimate of drug-likeness (QED) is 0.456. The zero-order valence-electron chi connectivity index (χ0n) is 16.5. The highest BCUT2D eigenvalue weighted by molar-refractivity contribution is 7.91. The Morgan fingerprint density at radius 2 is 1.75 bits per heavy atom. The molecule has 0 aliphatic heterocycles. The second-order valence-corrected chi connectivity index (χ2v) is 10.9. The van der Waals surface area contributed by atoms with Crippen LogP contribution in [-0.4, -0.2) is 72.2 Å². The summed E-state index contributed by atoms with van der Waals surface area (Å²) in [6.07, 6.45) is 3.02. The number of nitrogens with one attached hydrogen (secondary N) is 1. The number of amides is 1. The molecule has 2 aliphatic carbocycles. The average molecular weight is 424 g/mol. The first-order valence-electron chi connectivity index (χ1n) is 10.2. The lowest BCUT2D eigenvalue weighted by Crippen LogP contribution is -2.49. The van der Waals surface area contributed by atoms with E-state index in [2.05, 4.69) is 5.32 Å². The minimum Gasteiger partial charge on any atom is -0.391 e. The maximum atomic E-state index is 13.4. The third-order valence-electron chi connectivity index (χ3n) is 6.40. The third-order valence-corrected chi connectivity index (χ3v) is 8.08. The van der Waals surface area contributed by atoms with Crippen LogP contribution >= 0.6 is 0 Å². The standard InChI is InChI=1S/C19H34FNO6S/c1-28(26,27)14-6-4-13(5-7-14)19(25)15(11-20)21-18(24)9-3-12-2-8-16(22)17(23)10-12/h12-17,19,22-23,25H,2-11H2,1H3,(H,21,24)/t12?,13?,14?,15?,16?,17?,19-/m0/s1. The number of sulfone groups is 1. The van der Waals surface area contributed by atoms with Gasteiger partial charge in [-0.15, -0.1) is 0 Å². The number of aliphatic hydroxyl groups is 3. The summed E-state index contributed by atoms with van der Waals surface area (Å²) in [6, 6.07) is -0.994. The molecule has 4 N–H and O–H groups in total. The molecule has 28 heavy (non-hydrogen) atoms. The number of hydrogen-bond acceptors (Lipinski definition) is 6. The van der Waals surface area contributed by atoms with Crippen molar-refractivity contribution in [3.05, 3.63) is 0 Å². The highest BCUT2D eigenvalue weighted by atomic mass is 32.2. The number of alkyl halides is 1. The van der Waals surface area contributed by atoms with Crippen molar-refractivity contribution in [1.82, 2.24) is 5.32 Å². The molecule has 0 bridgehead atoms. The molecule has 4 unspecified atom stereocenters. The largest absolute Gasteiger partial charge is 0.391 e. The molecular weight excluding hydrogens is 389 g/mol. The Bertz CT molecular complexity index is 608. The molecule has 0 aromatic rings. The van der Waals surface area contributed by atoms with Gasteiger partial charge in [0.15, 0.2) is 0 Å². The van der Waals surface area contributed by atoms with Gasteiger partial charge in [0.1, 0.15) is 16.5 Å². The molecule has 0 saturated heterocycles. The first kappa shape index (κ1) is 23.5. The number of halogens is 1. The van der Waals surface area contributed by atoms with E-state index in [1.54, 1.807) is 0 Å². The van der Waals surface area contributed by atoms with E-state index in [9.17, 15) is 32.9 Å². The Morgan fingerprint density at radius 3 is 2.29 bits per heavy atom. The summed E-state index contributed by atoms with van der Waals surface area (Å²) in [5.74, 6) is -0.426. The molecule has 164 valence electrons. The smallest absolute Gasteiger partial charge is 0.220 e. The van der Waals surface area contributed by atoms with E-state index >= 15 is 0 Å². The van der Waals surface area contributed by atoms with E-state index < -0.39 is 46.1 Å². The predicted molar refractivity (Wildman–Crippen MR) is 103 cm³/mol. The van der Waals surface area contributed by atoms with Crippen molar-refractivity contribution in [3.63, 3.8) is 0 Å². The van der Waals surface area contributed by atoms with E-state index in [1.165, 1.54) is 6.26 Å². The van der Waals surface area contributed by atoms with Crippen LogP contribution < -0.4 is 5.32 Å². The van der Waals surface area contributed by atoms with E-state index in [-0.39, 0.29) is 24.2 Å². The van der Waals surface area contributed by atoms with Crippen LogP contribution in [0.4, 0.5) is 4.39 Å². The Balaban J connectivity index is 1.77. The number of carbonyl (C=O) groups excluding carboxylic acids is 1. The molecule has 0 aromatic heterocycles. The van der Waals surface area contributed by atoms with Crippen molar-refractivity contribution in [1.29, 1.82) is 0 Å². The van der Waals surface area contributed by atoms with Crippen LogP contribution in [0.3, 0.4) is 0 Å². The Labute approximate surface area is 166 Å². The van der Waals surface area contributed by atoms with Gasteiger partial charge >= 0.3 is 0 Å². The molecule has 1 amide bonds. The van der Waals surface area contributed by atoms with Gasteiger partial charge in [-0.25, -0.2) is 12.8 Å². The number of carbonyl (C=O) groups is 1. The van der Waals surface area contributed by atoms with Gasteiger partial charge in [0.2, 0.25) is 5.91 Å². The SMILES string of the molecule is CS(=O)(=O)C1CCC([C@H](O)C(CF)NC(=O)CCC2CCC(O)C(O)C2)CC1. The second kappa shape index (κ2) is 10.3. The fraction of sp³-hybridized carbons (Fsp3) is 0.947. The lowest BCUT2D eigenvalue weighted by molar-refractivity contribution is -0.123. The lowest BCUT2D eigenvalue weighted by Gasteiger charge is -2.34. The van der Waals surface area contributed by atoms with Gasteiger partial charge in [0.25, 0.3) is 0 Å². The highest BCUT2D eigenvalue weighted by Crippen LogP contribution is 2.32. The average Bonchev–Trinajstić information content (AvgIpc) is 2.66. The molecule has 0 spiro atoms. The normalized spacial score (nSPS) is 33.8. The van der Waals surface area contributed by atoms with E-state index in [1.807, 2.05) is 0 Å². The Hall–Kier alpha value is -0.770. The molecule has 9 heteroatoms. The van der Waals surface area contributed by atoms with Crippen LogP contribution in [0.5, 0.6) is 0 Å². The molecule has 0 heterocycles. The van der Waals surface area contributed by atoms with Crippen LogP contribution in [0, 0.1) is 11.8 Å². The van der Waals surface area contributed by atoms with E-state index in [0.717, 1.165) is 6.42 Å². The van der Waals surface area contributed by atoms with Crippen molar-refractivity contribution in [2.24, 2.45) is 11.8 Å². The van der Waals surface area contributed by atoms with Crippen LogP contribution in [0.15, 0.2) is 0 Å². The molecule has 5 atom stereocenters. The van der Waals surface area contributed by atoms with E-state index in [0.29, 0.717) is 44.9 Å². The lowest BCUT2D eigenvalue weighted by atomic mass is 9.82. The zero-order chi connectivity index (χ0) is 20.9. The topological polar surface area (TPSA) is 124 Å². The second-order valence-electron chi connectivity index (χ2n) is 8.54. The van der Waals surface area contributed by atoms with Gasteiger partial charge < -0.3 is 20.6 Å². The van der Waals surface area contributed by atoms with Crippen LogP contribution in [-0.2, 0) is 14.6 Å². The molecule has 2 fully saturated rings. The summed E-state index contributed by atoms with van der Waals surface area (Å²) in [4.78, 5) is 12.2. The minimum absolute atomic E-state index is 0.143. The van der Waals surface area contributed by atoms with Crippen molar-refractivity contribution < 1.29 is 32.9 Å². The van der Waals surface area contributed by atoms with Crippen LogP contribution in [0.2, 0.25) is 0 Å². The maximum absolute atomic E-state index is 13.4. The number of aliphatic hydroxyl groups excluding tert-OH is 3. The fourth-order valence-electron chi connectivity index (χ4n) is 4.49. The van der Waals surface area contributed by atoms with Crippen molar-refractivity contribution in [3.8, 4) is 0 Å². The number of hydrogen-bond donors (Lipinski definition) is 4. The third kappa shape index (κ3) is 6.64. The first-order valence-corrected chi connectivity index (χ1v) is 12.2. The molecular formula is C19H34FNO6S. The summed E-state index contributed by atoms with van der Waals surface area (Å²) in [7, 11) is -3.10. The fourth-order valence-corrected chi connectivity index (χ4v) is 5.62. The number of rotatable bonds is 8. The molecule has 2 saturated carbocycles. The summed E-state index contributed by atoms with van der Waals surface area (Å²) < 4.78 is 36.7.